The molecular formula is C17H26O3. The Labute approximate surface area is 122 Å². The van der Waals surface area contributed by atoms with E-state index < -0.39 is 5.97 Å². The second-order valence-electron chi connectivity index (χ2n) is 5.59. The van der Waals surface area contributed by atoms with Gasteiger partial charge in [0.15, 0.2) is 0 Å². The average Bonchev–Trinajstić information content (AvgIpc) is 2.57. The molecule has 0 aromatic heterocycles. The Bertz CT molecular complexity index is 462. The van der Waals surface area contributed by atoms with Gasteiger partial charge in [-0.2, -0.15) is 0 Å². The molecule has 0 N–H and O–H groups in total. The number of hydrogen-bond acceptors (Lipinski definition) is 3. The molecule has 1 aromatic rings. The van der Waals surface area contributed by atoms with Crippen LogP contribution in [0.15, 0.2) is 30.3 Å². The Morgan fingerprint density at radius 2 is 1.60 bits per heavy atom. The summed E-state index contributed by atoms with van der Waals surface area (Å²) in [6, 6.07) is 10.0. The molecule has 3 nitrogen and oxygen atoms in total. The van der Waals surface area contributed by atoms with Crippen LogP contribution in [0.3, 0.4) is 0 Å². The monoisotopic (exact) mass is 278 g/mol. The third-order valence-electron chi connectivity index (χ3n) is 3.76. The minimum Gasteiger partial charge on any atom is -0.393 e. The zero-order valence-electron chi connectivity index (χ0n) is 11.0. The SMILES string of the molecule is C.C.CC1C(=O)OC(=O)C1CC(C)(C)c1ccccc1. The number of esters is 2. The summed E-state index contributed by atoms with van der Waals surface area (Å²) >= 11 is 0. The maximum Gasteiger partial charge on any atom is 0.317 e. The predicted molar refractivity (Wildman–Crippen MR) is 81.3 cm³/mol. The summed E-state index contributed by atoms with van der Waals surface area (Å²) in [7, 11) is 0. The van der Waals surface area contributed by atoms with Crippen molar-refractivity contribution >= 4 is 11.9 Å². The first-order valence-electron chi connectivity index (χ1n) is 6.23. The van der Waals surface area contributed by atoms with E-state index >= 15 is 0 Å². The van der Waals surface area contributed by atoms with Gasteiger partial charge in [-0.05, 0) is 17.4 Å². The summed E-state index contributed by atoms with van der Waals surface area (Å²) < 4.78 is 4.69. The van der Waals surface area contributed by atoms with Gasteiger partial charge in [0.2, 0.25) is 0 Å². The van der Waals surface area contributed by atoms with E-state index in [9.17, 15) is 9.59 Å². The molecule has 1 aromatic carbocycles. The molecule has 0 saturated carbocycles. The van der Waals surface area contributed by atoms with Crippen molar-refractivity contribution in [2.24, 2.45) is 11.8 Å². The molecule has 0 spiro atoms. The van der Waals surface area contributed by atoms with Crippen LogP contribution >= 0.6 is 0 Å². The van der Waals surface area contributed by atoms with E-state index in [1.807, 2.05) is 30.3 Å². The van der Waals surface area contributed by atoms with Crippen molar-refractivity contribution in [2.45, 2.75) is 47.5 Å². The van der Waals surface area contributed by atoms with Crippen molar-refractivity contribution in [3.05, 3.63) is 35.9 Å². The second-order valence-corrected chi connectivity index (χ2v) is 5.59. The maximum absolute atomic E-state index is 11.7. The number of cyclic esters (lactones) is 2. The summed E-state index contributed by atoms with van der Waals surface area (Å²) in [4.78, 5) is 23.0. The Hall–Kier alpha value is -1.64. The number of carbonyl (C=O) groups excluding carboxylic acids is 2. The van der Waals surface area contributed by atoms with Crippen molar-refractivity contribution in [1.29, 1.82) is 0 Å². The van der Waals surface area contributed by atoms with E-state index in [4.69, 9.17) is 0 Å². The fourth-order valence-electron chi connectivity index (χ4n) is 2.45. The van der Waals surface area contributed by atoms with Crippen molar-refractivity contribution in [1.82, 2.24) is 0 Å². The molecule has 0 bridgehead atoms. The van der Waals surface area contributed by atoms with Crippen LogP contribution < -0.4 is 0 Å². The molecule has 2 atom stereocenters. The molecule has 2 rings (SSSR count). The third-order valence-corrected chi connectivity index (χ3v) is 3.76. The predicted octanol–water partition coefficient (Wildman–Crippen LogP) is 3.96. The average molecular weight is 278 g/mol. The first-order chi connectivity index (χ1) is 8.42. The van der Waals surface area contributed by atoms with E-state index in [2.05, 4.69) is 18.6 Å². The first-order valence-corrected chi connectivity index (χ1v) is 6.23. The number of carbonyl (C=O) groups is 2. The van der Waals surface area contributed by atoms with Gasteiger partial charge in [0.1, 0.15) is 0 Å². The van der Waals surface area contributed by atoms with E-state index in [0.717, 1.165) is 0 Å². The summed E-state index contributed by atoms with van der Waals surface area (Å²) in [6.07, 6.45) is 0.628. The molecule has 1 saturated heterocycles. The Morgan fingerprint density at radius 3 is 2.05 bits per heavy atom. The van der Waals surface area contributed by atoms with E-state index in [-0.39, 0.29) is 38.1 Å². The molecule has 20 heavy (non-hydrogen) atoms. The van der Waals surface area contributed by atoms with Crippen molar-refractivity contribution in [3.63, 3.8) is 0 Å². The van der Waals surface area contributed by atoms with Gasteiger partial charge in [-0.15, -0.1) is 0 Å². The Balaban J connectivity index is 0.00000180. The van der Waals surface area contributed by atoms with Gasteiger partial charge in [0.05, 0.1) is 11.8 Å². The van der Waals surface area contributed by atoms with Crippen LogP contribution in [-0.4, -0.2) is 11.9 Å². The number of hydrogen-bond donors (Lipinski definition) is 0. The quantitative estimate of drug-likeness (QED) is 0.621. The van der Waals surface area contributed by atoms with E-state index in [1.54, 1.807) is 6.92 Å². The lowest BCUT2D eigenvalue weighted by molar-refractivity contribution is -0.153. The fourth-order valence-corrected chi connectivity index (χ4v) is 2.45. The number of benzene rings is 1. The minimum absolute atomic E-state index is 0. The van der Waals surface area contributed by atoms with Gasteiger partial charge in [-0.25, -0.2) is 0 Å². The topological polar surface area (TPSA) is 43.4 Å². The van der Waals surface area contributed by atoms with Gasteiger partial charge in [0.25, 0.3) is 0 Å². The maximum atomic E-state index is 11.7. The van der Waals surface area contributed by atoms with Gasteiger partial charge in [-0.1, -0.05) is 66.0 Å². The van der Waals surface area contributed by atoms with Gasteiger partial charge >= 0.3 is 11.9 Å². The molecule has 1 heterocycles. The van der Waals surface area contributed by atoms with Crippen LogP contribution in [0.5, 0.6) is 0 Å². The van der Waals surface area contributed by atoms with Crippen LogP contribution in [0.4, 0.5) is 0 Å². The summed E-state index contributed by atoms with van der Waals surface area (Å²) in [5, 5.41) is 0. The number of ether oxygens (including phenoxy) is 1. The zero-order valence-corrected chi connectivity index (χ0v) is 11.0. The van der Waals surface area contributed by atoms with Crippen LogP contribution in [0.1, 0.15) is 47.6 Å². The van der Waals surface area contributed by atoms with E-state index in [0.29, 0.717) is 6.42 Å². The highest BCUT2D eigenvalue weighted by molar-refractivity contribution is 5.96. The van der Waals surface area contributed by atoms with Crippen LogP contribution in [0.2, 0.25) is 0 Å². The molecule has 0 radical (unpaired) electrons. The summed E-state index contributed by atoms with van der Waals surface area (Å²) in [5.41, 5.74) is 1.02. The third kappa shape index (κ3) is 3.47. The smallest absolute Gasteiger partial charge is 0.317 e. The standard InChI is InChI=1S/C15H18O3.2CH4/c1-10-12(14(17)18-13(10)16)9-15(2,3)11-7-5-4-6-8-11;;/h4-8,10,12H,9H2,1-3H3;2*1H4. The van der Waals surface area contributed by atoms with Crippen molar-refractivity contribution in [2.75, 3.05) is 0 Å². The normalized spacial score (nSPS) is 21.8. The second kappa shape index (κ2) is 6.69. The lowest BCUT2D eigenvalue weighted by Gasteiger charge is -2.28. The highest BCUT2D eigenvalue weighted by Crippen LogP contribution is 2.36. The van der Waals surface area contributed by atoms with Crippen molar-refractivity contribution in [3.8, 4) is 0 Å². The van der Waals surface area contributed by atoms with Gasteiger partial charge in [0, 0.05) is 0 Å². The molecule has 1 fully saturated rings. The molecule has 1 aliphatic heterocycles. The van der Waals surface area contributed by atoms with Crippen molar-refractivity contribution < 1.29 is 14.3 Å². The van der Waals surface area contributed by atoms with Crippen LogP contribution in [-0.2, 0) is 19.7 Å². The summed E-state index contributed by atoms with van der Waals surface area (Å²) in [5.74, 6) is -1.43. The molecule has 0 amide bonds. The lowest BCUT2D eigenvalue weighted by atomic mass is 9.74. The largest absolute Gasteiger partial charge is 0.393 e. The van der Waals surface area contributed by atoms with Gasteiger partial charge in [-0.3, -0.25) is 9.59 Å². The zero-order chi connectivity index (χ0) is 13.3. The highest BCUT2D eigenvalue weighted by Gasteiger charge is 2.43. The lowest BCUT2D eigenvalue weighted by Crippen LogP contribution is -2.27. The van der Waals surface area contributed by atoms with Crippen LogP contribution in [0.25, 0.3) is 0 Å². The van der Waals surface area contributed by atoms with E-state index in [1.165, 1.54) is 5.56 Å². The molecule has 0 aliphatic carbocycles. The summed E-state index contributed by atoms with van der Waals surface area (Å²) in [6.45, 7) is 5.94. The number of rotatable bonds is 3. The molecule has 112 valence electrons. The van der Waals surface area contributed by atoms with Crippen LogP contribution in [0, 0.1) is 11.8 Å². The Morgan fingerprint density at radius 1 is 1.05 bits per heavy atom. The molecular weight excluding hydrogens is 252 g/mol. The fraction of sp³-hybridized carbons (Fsp3) is 0.529. The molecule has 2 unspecified atom stereocenters. The Kier molecular flexibility index (Phi) is 6.14. The molecule has 3 heteroatoms. The van der Waals surface area contributed by atoms with Gasteiger partial charge < -0.3 is 4.74 Å². The highest BCUT2D eigenvalue weighted by atomic mass is 16.6. The molecule has 1 aliphatic rings. The first kappa shape index (κ1) is 18.4. The minimum atomic E-state index is -0.395.